The van der Waals surface area contributed by atoms with Crippen molar-refractivity contribution in [1.29, 1.82) is 0 Å². The summed E-state index contributed by atoms with van der Waals surface area (Å²) in [4.78, 5) is 4.59. The normalized spacial score (nSPS) is 12.0. The number of hydrogen-bond acceptors (Lipinski definition) is 5. The first-order chi connectivity index (χ1) is 12.3. The zero-order valence-corrected chi connectivity index (χ0v) is 16.8. The molecule has 1 N–H and O–H groups in total. The van der Waals surface area contributed by atoms with Crippen LogP contribution in [0.4, 0.5) is 4.39 Å². The predicted molar refractivity (Wildman–Crippen MR) is 104 cm³/mol. The quantitative estimate of drug-likeness (QED) is 0.615. The second-order valence-electron chi connectivity index (χ2n) is 6.35. The van der Waals surface area contributed by atoms with Gasteiger partial charge in [0.05, 0.1) is 5.69 Å². The number of nitrogens with one attached hydrogen (secondary N) is 1. The van der Waals surface area contributed by atoms with E-state index in [-0.39, 0.29) is 16.6 Å². The van der Waals surface area contributed by atoms with Crippen LogP contribution < -0.4 is 4.72 Å². The predicted octanol–water partition coefficient (Wildman–Crippen LogP) is 4.69. The molecule has 0 radical (unpaired) electrons. The van der Waals surface area contributed by atoms with E-state index in [4.69, 9.17) is 0 Å². The van der Waals surface area contributed by atoms with Gasteiger partial charge in [-0.2, -0.15) is 0 Å². The Bertz CT molecular complexity index is 976. The van der Waals surface area contributed by atoms with Gasteiger partial charge in [-0.1, -0.05) is 26.0 Å². The van der Waals surface area contributed by atoms with Crippen molar-refractivity contribution in [3.8, 4) is 10.6 Å². The summed E-state index contributed by atoms with van der Waals surface area (Å²) in [7, 11) is -3.62. The van der Waals surface area contributed by atoms with Crippen molar-refractivity contribution < 1.29 is 12.8 Å². The van der Waals surface area contributed by atoms with Crippen molar-refractivity contribution in [1.82, 2.24) is 9.71 Å². The molecule has 0 aliphatic carbocycles. The van der Waals surface area contributed by atoms with Gasteiger partial charge in [-0.25, -0.2) is 22.5 Å². The Kier molecular flexibility index (Phi) is 5.86. The summed E-state index contributed by atoms with van der Waals surface area (Å²) < 4.78 is 40.7. The Hall–Kier alpha value is -1.61. The fraction of sp³-hybridized carbons (Fsp3) is 0.278. The van der Waals surface area contributed by atoms with Crippen molar-refractivity contribution in [3.63, 3.8) is 0 Å². The highest BCUT2D eigenvalue weighted by atomic mass is 32.2. The summed E-state index contributed by atoms with van der Waals surface area (Å²) in [6.45, 7) is 4.40. The molecular formula is C18H19FN2O2S3. The summed E-state index contributed by atoms with van der Waals surface area (Å²) in [6, 6.07) is 7.39. The number of rotatable bonds is 7. The molecular weight excluding hydrogens is 391 g/mol. The van der Waals surface area contributed by atoms with E-state index in [2.05, 4.69) is 23.6 Å². The highest BCUT2D eigenvalue weighted by molar-refractivity contribution is 7.91. The summed E-state index contributed by atoms with van der Waals surface area (Å²) in [5, 5.41) is 4.66. The highest BCUT2D eigenvalue weighted by Gasteiger charge is 2.18. The van der Waals surface area contributed by atoms with E-state index in [1.54, 1.807) is 18.2 Å². The van der Waals surface area contributed by atoms with E-state index in [9.17, 15) is 12.8 Å². The third-order valence-corrected chi connectivity index (χ3v) is 7.42. The van der Waals surface area contributed by atoms with Gasteiger partial charge in [-0.3, -0.25) is 0 Å². The summed E-state index contributed by atoms with van der Waals surface area (Å²) in [5.74, 6) is 0.179. The van der Waals surface area contributed by atoms with E-state index >= 15 is 0 Å². The summed E-state index contributed by atoms with van der Waals surface area (Å²) >= 11 is 2.69. The van der Waals surface area contributed by atoms with E-state index < -0.39 is 10.0 Å². The second-order valence-corrected chi connectivity index (χ2v) is 10.1. The molecule has 2 aromatic heterocycles. The molecule has 0 amide bonds. The number of hydrogen-bond donors (Lipinski definition) is 1. The van der Waals surface area contributed by atoms with Crippen molar-refractivity contribution in [3.05, 3.63) is 58.2 Å². The lowest BCUT2D eigenvalue weighted by Crippen LogP contribution is -2.22. The largest absolute Gasteiger partial charge is 0.250 e. The minimum Gasteiger partial charge on any atom is -0.241 e. The first-order valence-corrected chi connectivity index (χ1v) is 11.3. The number of aromatic nitrogens is 1. The smallest absolute Gasteiger partial charge is 0.241 e. The molecule has 0 saturated carbocycles. The van der Waals surface area contributed by atoms with Crippen molar-refractivity contribution in [2.24, 2.45) is 5.92 Å². The first kappa shape index (κ1) is 19.2. The maximum absolute atomic E-state index is 12.9. The van der Waals surface area contributed by atoms with Crippen molar-refractivity contribution >= 4 is 32.7 Å². The van der Waals surface area contributed by atoms with Gasteiger partial charge in [0, 0.05) is 22.9 Å². The monoisotopic (exact) mass is 410 g/mol. The molecule has 3 aromatic rings. The molecule has 4 nitrogen and oxygen atoms in total. The number of benzene rings is 1. The summed E-state index contributed by atoms with van der Waals surface area (Å²) in [6.07, 6.45) is 0.908. The van der Waals surface area contributed by atoms with Crippen LogP contribution in [0.3, 0.4) is 0 Å². The van der Waals surface area contributed by atoms with E-state index in [1.165, 1.54) is 34.8 Å². The van der Waals surface area contributed by atoms with Crippen LogP contribution in [0.15, 0.2) is 45.3 Å². The number of halogens is 1. The summed E-state index contributed by atoms with van der Waals surface area (Å²) in [5.41, 5.74) is 2.55. The van der Waals surface area contributed by atoms with E-state index in [0.717, 1.165) is 22.7 Å². The van der Waals surface area contributed by atoms with Gasteiger partial charge >= 0.3 is 0 Å². The average molecular weight is 411 g/mol. The van der Waals surface area contributed by atoms with Gasteiger partial charge < -0.3 is 0 Å². The average Bonchev–Trinajstić information content (AvgIpc) is 3.23. The molecule has 2 heterocycles. The standard InChI is InChI=1S/C18H19FN2O2S3/c1-12(2)7-16-11-25-18(21-16)14-8-17(24-10-14)26(22,23)20-9-13-3-5-15(19)6-4-13/h3-6,8,10-12,20H,7,9H2,1-2H3. The molecule has 0 aliphatic heterocycles. The van der Waals surface area contributed by atoms with Crippen LogP contribution in [-0.4, -0.2) is 13.4 Å². The minimum atomic E-state index is -3.62. The molecule has 26 heavy (non-hydrogen) atoms. The van der Waals surface area contributed by atoms with Gasteiger partial charge in [-0.15, -0.1) is 22.7 Å². The lowest BCUT2D eigenvalue weighted by atomic mass is 10.1. The van der Waals surface area contributed by atoms with Crippen LogP contribution in [0.1, 0.15) is 25.1 Å². The Balaban J connectivity index is 1.71. The molecule has 0 fully saturated rings. The second kappa shape index (κ2) is 7.96. The third-order valence-electron chi connectivity index (χ3n) is 3.64. The Morgan fingerprint density at radius 3 is 2.58 bits per heavy atom. The maximum Gasteiger partial charge on any atom is 0.250 e. The van der Waals surface area contributed by atoms with Gasteiger partial charge in [0.2, 0.25) is 10.0 Å². The fourth-order valence-corrected chi connectivity index (χ4v) is 5.49. The highest BCUT2D eigenvalue weighted by Crippen LogP contribution is 2.31. The molecule has 1 aromatic carbocycles. The topological polar surface area (TPSA) is 59.1 Å². The van der Waals surface area contributed by atoms with E-state index in [0.29, 0.717) is 11.5 Å². The van der Waals surface area contributed by atoms with Crippen LogP contribution in [0.2, 0.25) is 0 Å². The molecule has 0 bridgehead atoms. The number of thiophene rings is 1. The third kappa shape index (κ3) is 4.76. The van der Waals surface area contributed by atoms with Crippen LogP contribution in [0.25, 0.3) is 10.6 Å². The molecule has 0 aliphatic rings. The van der Waals surface area contributed by atoms with E-state index in [1.807, 2.05) is 10.8 Å². The van der Waals surface area contributed by atoms with Crippen LogP contribution in [0, 0.1) is 11.7 Å². The van der Waals surface area contributed by atoms with Gasteiger partial charge in [0.25, 0.3) is 0 Å². The van der Waals surface area contributed by atoms with Gasteiger partial charge in [-0.05, 0) is 36.1 Å². The van der Waals surface area contributed by atoms with Gasteiger partial charge in [0.15, 0.2) is 0 Å². The number of thiazole rings is 1. The fourth-order valence-electron chi connectivity index (χ4n) is 2.37. The maximum atomic E-state index is 12.9. The molecule has 0 saturated heterocycles. The Morgan fingerprint density at radius 2 is 1.88 bits per heavy atom. The first-order valence-electron chi connectivity index (χ1n) is 8.11. The Morgan fingerprint density at radius 1 is 1.15 bits per heavy atom. The molecule has 0 unspecified atom stereocenters. The van der Waals surface area contributed by atoms with Crippen molar-refractivity contribution in [2.45, 2.75) is 31.0 Å². The molecule has 0 atom stereocenters. The lowest BCUT2D eigenvalue weighted by molar-refractivity contribution is 0.583. The Labute approximate surface area is 160 Å². The van der Waals surface area contributed by atoms with Crippen molar-refractivity contribution in [2.75, 3.05) is 0 Å². The van der Waals surface area contributed by atoms with Crippen LogP contribution in [-0.2, 0) is 23.0 Å². The SMILES string of the molecule is CC(C)Cc1csc(-c2csc(S(=O)(=O)NCc3ccc(F)cc3)c2)n1. The zero-order chi connectivity index (χ0) is 18.7. The molecule has 3 rings (SSSR count). The lowest BCUT2D eigenvalue weighted by Gasteiger charge is -2.04. The number of nitrogens with zero attached hydrogens (tertiary/aromatic N) is 1. The number of sulfonamides is 1. The minimum absolute atomic E-state index is 0.117. The molecule has 8 heteroatoms. The van der Waals surface area contributed by atoms with Crippen LogP contribution in [0.5, 0.6) is 0 Å². The zero-order valence-electron chi connectivity index (χ0n) is 14.4. The van der Waals surface area contributed by atoms with Crippen LogP contribution >= 0.6 is 22.7 Å². The molecule has 0 spiro atoms. The van der Waals surface area contributed by atoms with Gasteiger partial charge in [0.1, 0.15) is 15.0 Å². The molecule has 138 valence electrons.